The average molecular weight is 202 g/mol. The van der Waals surface area contributed by atoms with Gasteiger partial charge < -0.3 is 10.2 Å². The van der Waals surface area contributed by atoms with Crippen molar-refractivity contribution in [3.05, 3.63) is 20.6 Å². The highest BCUT2D eigenvalue weighted by atomic mass is 16.6. The number of nitro groups is 1. The van der Waals surface area contributed by atoms with E-state index in [-0.39, 0.29) is 6.42 Å². The summed E-state index contributed by atoms with van der Waals surface area (Å²) in [6.07, 6.45) is -2.24. The van der Waals surface area contributed by atoms with Crippen LogP contribution in [-0.4, -0.2) is 39.9 Å². The summed E-state index contributed by atoms with van der Waals surface area (Å²) < 4.78 is 0. The molecule has 1 saturated carbocycles. The molecule has 2 N–H and O–H groups in total. The Morgan fingerprint density at radius 2 is 2.21 bits per heavy atom. The topological polar surface area (TPSA) is 132 Å². The molecule has 1 aliphatic rings. The average Bonchev–Trinajstić information content (AvgIpc) is 2.34. The van der Waals surface area contributed by atoms with E-state index in [0.717, 1.165) is 0 Å². The molecule has 1 rings (SSSR count). The summed E-state index contributed by atoms with van der Waals surface area (Å²) in [5.74, 6) is -0.643. The van der Waals surface area contributed by atoms with Crippen LogP contribution in [0.4, 0.5) is 0 Å². The molecule has 0 aromatic carbocycles. The molecule has 0 aromatic heterocycles. The fraction of sp³-hybridized carbons (Fsp3) is 1.00. The van der Waals surface area contributed by atoms with Gasteiger partial charge in [-0.25, -0.2) is 0 Å². The zero-order valence-electron chi connectivity index (χ0n) is 7.22. The molecule has 8 heteroatoms. The third-order valence-corrected chi connectivity index (χ3v) is 2.35. The Bertz CT molecular complexity index is 277. The molecule has 1 fully saturated rings. The second-order valence-corrected chi connectivity index (χ2v) is 3.26. The molecule has 0 heterocycles. The molecular weight excluding hydrogens is 192 g/mol. The Morgan fingerprint density at radius 1 is 1.57 bits per heavy atom. The monoisotopic (exact) mass is 202 g/mol. The molecule has 0 unspecified atom stereocenters. The van der Waals surface area contributed by atoms with Crippen LogP contribution in [0.1, 0.15) is 6.42 Å². The number of rotatable bonds is 3. The molecule has 8 nitrogen and oxygen atoms in total. The van der Waals surface area contributed by atoms with Crippen molar-refractivity contribution in [2.75, 3.05) is 6.54 Å². The van der Waals surface area contributed by atoms with Crippen molar-refractivity contribution in [3.8, 4) is 0 Å². The number of azide groups is 1. The minimum atomic E-state index is -1.20. The first-order chi connectivity index (χ1) is 6.56. The van der Waals surface area contributed by atoms with Crippen LogP contribution in [0.5, 0.6) is 0 Å². The van der Waals surface area contributed by atoms with Crippen LogP contribution in [0.25, 0.3) is 10.4 Å². The number of aliphatic hydroxyl groups is 2. The predicted molar refractivity (Wildman–Crippen MR) is 44.9 cm³/mol. The molecule has 0 radical (unpaired) electrons. The lowest BCUT2D eigenvalue weighted by Crippen LogP contribution is -2.31. The van der Waals surface area contributed by atoms with Crippen LogP contribution >= 0.6 is 0 Å². The fourth-order valence-electron chi connectivity index (χ4n) is 1.65. The first kappa shape index (κ1) is 10.7. The summed E-state index contributed by atoms with van der Waals surface area (Å²) in [4.78, 5) is 12.1. The molecule has 0 aliphatic heterocycles. The van der Waals surface area contributed by atoms with E-state index in [4.69, 9.17) is 5.53 Å². The number of hydrogen-bond donors (Lipinski definition) is 2. The maximum atomic E-state index is 10.2. The van der Waals surface area contributed by atoms with Crippen molar-refractivity contribution in [2.24, 2.45) is 11.0 Å². The van der Waals surface area contributed by atoms with Crippen molar-refractivity contribution in [1.29, 1.82) is 0 Å². The summed E-state index contributed by atoms with van der Waals surface area (Å²) in [5.41, 5.74) is 8.13. The zero-order valence-corrected chi connectivity index (χ0v) is 7.22. The summed E-state index contributed by atoms with van der Waals surface area (Å²) in [6, 6.07) is -0.764. The molecule has 14 heavy (non-hydrogen) atoms. The summed E-state index contributed by atoms with van der Waals surface area (Å²) >= 11 is 0. The van der Waals surface area contributed by atoms with E-state index in [0.29, 0.717) is 0 Å². The Kier molecular flexibility index (Phi) is 3.23. The number of nitrogens with zero attached hydrogens (tertiary/aromatic N) is 4. The van der Waals surface area contributed by atoms with Crippen LogP contribution in [0.3, 0.4) is 0 Å². The minimum Gasteiger partial charge on any atom is -0.390 e. The van der Waals surface area contributed by atoms with E-state index in [1.807, 2.05) is 0 Å². The summed E-state index contributed by atoms with van der Waals surface area (Å²) in [6.45, 7) is -0.421. The van der Waals surface area contributed by atoms with Crippen LogP contribution in [0.2, 0.25) is 0 Å². The largest absolute Gasteiger partial charge is 0.390 e. The van der Waals surface area contributed by atoms with Gasteiger partial charge in [0.1, 0.15) is 0 Å². The fourth-order valence-corrected chi connectivity index (χ4v) is 1.65. The van der Waals surface area contributed by atoms with E-state index in [9.17, 15) is 20.3 Å². The van der Waals surface area contributed by atoms with Gasteiger partial charge in [0.25, 0.3) is 0 Å². The zero-order chi connectivity index (χ0) is 10.7. The van der Waals surface area contributed by atoms with Gasteiger partial charge in [-0.3, -0.25) is 10.1 Å². The highest BCUT2D eigenvalue weighted by Crippen LogP contribution is 2.29. The van der Waals surface area contributed by atoms with Crippen molar-refractivity contribution in [2.45, 2.75) is 24.7 Å². The van der Waals surface area contributed by atoms with Crippen LogP contribution < -0.4 is 0 Å². The minimum absolute atomic E-state index is 0.146. The molecule has 0 saturated heterocycles. The normalized spacial score (nSPS) is 36.4. The summed E-state index contributed by atoms with van der Waals surface area (Å²) in [5, 5.41) is 32.1. The number of aliphatic hydroxyl groups excluding tert-OH is 2. The Balaban J connectivity index is 2.66. The third kappa shape index (κ3) is 2.11. The van der Waals surface area contributed by atoms with Crippen molar-refractivity contribution in [3.63, 3.8) is 0 Å². The summed E-state index contributed by atoms with van der Waals surface area (Å²) in [7, 11) is 0. The van der Waals surface area contributed by atoms with Gasteiger partial charge in [0.2, 0.25) is 6.54 Å². The van der Waals surface area contributed by atoms with E-state index in [1.165, 1.54) is 0 Å². The first-order valence-corrected chi connectivity index (χ1v) is 4.08. The standard InChI is InChI=1S/C6H10N4O4/c7-9-8-4-1-3(2-10(13)14)5(11)6(4)12/h3-6,11-12H,1-2H2/t3-,4-,5+,6-/m1/s1. The van der Waals surface area contributed by atoms with Gasteiger partial charge in [-0.15, -0.1) is 0 Å². The predicted octanol–water partition coefficient (Wildman–Crippen LogP) is -0.316. The van der Waals surface area contributed by atoms with Gasteiger partial charge >= 0.3 is 0 Å². The third-order valence-electron chi connectivity index (χ3n) is 2.35. The molecule has 78 valence electrons. The smallest absolute Gasteiger partial charge is 0.209 e. The Hall–Kier alpha value is -1.37. The highest BCUT2D eigenvalue weighted by Gasteiger charge is 2.43. The van der Waals surface area contributed by atoms with E-state index < -0.39 is 35.6 Å². The van der Waals surface area contributed by atoms with Gasteiger partial charge in [-0.1, -0.05) is 5.11 Å². The lowest BCUT2D eigenvalue weighted by atomic mass is 10.1. The van der Waals surface area contributed by atoms with Crippen LogP contribution in [-0.2, 0) is 0 Å². The maximum absolute atomic E-state index is 10.2. The quantitative estimate of drug-likeness (QED) is 0.213. The molecule has 0 bridgehead atoms. The van der Waals surface area contributed by atoms with Crippen molar-refractivity contribution < 1.29 is 15.1 Å². The van der Waals surface area contributed by atoms with Crippen molar-refractivity contribution in [1.82, 2.24) is 0 Å². The second kappa shape index (κ2) is 4.23. The lowest BCUT2D eigenvalue weighted by Gasteiger charge is -2.12. The maximum Gasteiger partial charge on any atom is 0.209 e. The lowest BCUT2D eigenvalue weighted by molar-refractivity contribution is -0.490. The molecule has 4 atom stereocenters. The Morgan fingerprint density at radius 3 is 2.71 bits per heavy atom. The van der Waals surface area contributed by atoms with E-state index >= 15 is 0 Å². The van der Waals surface area contributed by atoms with Gasteiger partial charge in [0, 0.05) is 9.84 Å². The molecule has 0 spiro atoms. The molecule has 1 aliphatic carbocycles. The Labute approximate surface area is 78.9 Å². The number of hydrogen-bond acceptors (Lipinski definition) is 5. The SMILES string of the molecule is [N-]=[N+]=N[C@@H]1C[C@H](C[N+](=O)[O-])[C@H](O)[C@@H]1O. The highest BCUT2D eigenvalue weighted by molar-refractivity contribution is 4.95. The molecule has 0 aromatic rings. The van der Waals surface area contributed by atoms with Crippen molar-refractivity contribution >= 4 is 0 Å². The van der Waals surface area contributed by atoms with Crippen LogP contribution in [0.15, 0.2) is 5.11 Å². The second-order valence-electron chi connectivity index (χ2n) is 3.26. The van der Waals surface area contributed by atoms with Crippen LogP contribution in [0, 0.1) is 16.0 Å². The molecule has 0 amide bonds. The molecular formula is C6H10N4O4. The first-order valence-electron chi connectivity index (χ1n) is 4.08. The van der Waals surface area contributed by atoms with Gasteiger partial charge in [-0.05, 0) is 12.0 Å². The van der Waals surface area contributed by atoms with Gasteiger partial charge in [-0.2, -0.15) is 0 Å². The van der Waals surface area contributed by atoms with E-state index in [2.05, 4.69) is 10.0 Å². The van der Waals surface area contributed by atoms with Gasteiger partial charge in [0.05, 0.1) is 24.2 Å². The van der Waals surface area contributed by atoms with E-state index in [1.54, 1.807) is 0 Å². The van der Waals surface area contributed by atoms with Gasteiger partial charge in [0.15, 0.2) is 0 Å².